The van der Waals surface area contributed by atoms with E-state index in [-0.39, 0.29) is 5.41 Å². The minimum Gasteiger partial charge on any atom is -0.309 e. The Morgan fingerprint density at radius 3 is 1.91 bits per heavy atom. The van der Waals surface area contributed by atoms with Gasteiger partial charge in [0.2, 0.25) is 5.69 Å². The highest BCUT2D eigenvalue weighted by molar-refractivity contribution is 5.94. The van der Waals surface area contributed by atoms with Crippen molar-refractivity contribution in [3.63, 3.8) is 0 Å². The molecular formula is C28H20N4. The second kappa shape index (κ2) is 7.38. The van der Waals surface area contributed by atoms with E-state index in [4.69, 9.17) is 13.1 Å². The minimum absolute atomic E-state index is 0.143. The van der Waals surface area contributed by atoms with Crippen molar-refractivity contribution in [1.82, 2.24) is 4.98 Å². The molecule has 0 bridgehead atoms. The molecule has 0 aliphatic carbocycles. The van der Waals surface area contributed by atoms with Gasteiger partial charge in [0.15, 0.2) is 5.69 Å². The number of hydrogen-bond acceptors (Lipinski definition) is 2. The van der Waals surface area contributed by atoms with Gasteiger partial charge in [0.1, 0.15) is 0 Å². The molecule has 4 nitrogen and oxygen atoms in total. The van der Waals surface area contributed by atoms with E-state index in [2.05, 4.69) is 88.0 Å². The molecule has 4 aromatic rings. The Morgan fingerprint density at radius 2 is 1.31 bits per heavy atom. The molecule has 0 saturated carbocycles. The lowest BCUT2D eigenvalue weighted by Crippen LogP contribution is -2.30. The molecule has 32 heavy (non-hydrogen) atoms. The number of fused-ring (bicyclic) bond motifs is 2. The molecule has 0 saturated heterocycles. The fourth-order valence-electron chi connectivity index (χ4n) is 4.59. The van der Waals surface area contributed by atoms with Crippen LogP contribution in [0.5, 0.6) is 0 Å². The number of nitrogens with zero attached hydrogens (tertiary/aromatic N) is 4. The number of pyridine rings is 1. The maximum Gasteiger partial charge on any atom is 0.203 e. The first-order chi connectivity index (χ1) is 15.6. The van der Waals surface area contributed by atoms with Crippen LogP contribution in [-0.4, -0.2) is 4.98 Å². The van der Waals surface area contributed by atoms with Crippen molar-refractivity contribution in [2.75, 3.05) is 4.90 Å². The predicted octanol–water partition coefficient (Wildman–Crippen LogP) is 7.96. The number of benzene rings is 3. The van der Waals surface area contributed by atoms with Crippen molar-refractivity contribution < 1.29 is 0 Å². The van der Waals surface area contributed by atoms with Gasteiger partial charge in [-0.15, -0.1) is 0 Å². The van der Waals surface area contributed by atoms with E-state index in [0.29, 0.717) is 17.1 Å². The molecule has 0 spiro atoms. The van der Waals surface area contributed by atoms with Crippen LogP contribution in [0.2, 0.25) is 0 Å². The molecule has 5 rings (SSSR count). The van der Waals surface area contributed by atoms with Gasteiger partial charge in [-0.2, -0.15) is 0 Å². The number of para-hydroxylation sites is 3. The topological polar surface area (TPSA) is 24.9 Å². The Bertz CT molecular complexity index is 1390. The number of anilines is 3. The highest BCUT2D eigenvalue weighted by atomic mass is 15.2. The first-order valence-corrected chi connectivity index (χ1v) is 10.4. The molecule has 0 fully saturated rings. The van der Waals surface area contributed by atoms with E-state index in [1.807, 2.05) is 18.2 Å². The largest absolute Gasteiger partial charge is 0.309 e. The lowest BCUT2D eigenvalue weighted by Gasteiger charge is -2.42. The van der Waals surface area contributed by atoms with Gasteiger partial charge < -0.3 is 4.90 Å². The van der Waals surface area contributed by atoms with Crippen LogP contribution in [0, 0.1) is 13.1 Å². The Balaban J connectivity index is 1.81. The molecule has 3 aromatic carbocycles. The van der Waals surface area contributed by atoms with Gasteiger partial charge in [0.25, 0.3) is 0 Å². The monoisotopic (exact) mass is 412 g/mol. The molecule has 152 valence electrons. The summed E-state index contributed by atoms with van der Waals surface area (Å²) in [6, 6.07) is 26.6. The van der Waals surface area contributed by atoms with Gasteiger partial charge >= 0.3 is 0 Å². The average Bonchev–Trinajstić information content (AvgIpc) is 2.84. The second-order valence-corrected chi connectivity index (χ2v) is 8.30. The van der Waals surface area contributed by atoms with Crippen molar-refractivity contribution in [2.45, 2.75) is 19.3 Å². The number of hydrogen-bond donors (Lipinski definition) is 0. The molecule has 2 heterocycles. The summed E-state index contributed by atoms with van der Waals surface area (Å²) in [7, 11) is 0. The summed E-state index contributed by atoms with van der Waals surface area (Å²) >= 11 is 0. The zero-order chi connectivity index (χ0) is 22.3. The highest BCUT2D eigenvalue weighted by Crippen LogP contribution is 2.53. The molecular weight excluding hydrogens is 392 g/mol. The van der Waals surface area contributed by atoms with Gasteiger partial charge in [0.05, 0.1) is 35.9 Å². The number of aromatic nitrogens is 1. The molecule has 4 heteroatoms. The van der Waals surface area contributed by atoms with Gasteiger partial charge in [-0.1, -0.05) is 68.4 Å². The van der Waals surface area contributed by atoms with E-state index in [9.17, 15) is 0 Å². The number of rotatable bonds is 2. The zero-order valence-electron chi connectivity index (χ0n) is 17.9. The summed E-state index contributed by atoms with van der Waals surface area (Å²) in [6.07, 6.45) is 1.54. The van der Waals surface area contributed by atoms with Gasteiger partial charge in [-0.3, -0.25) is 4.98 Å². The lowest BCUT2D eigenvalue weighted by atomic mass is 9.73. The SMILES string of the molecule is [C-]#[N+]c1cnc(-c2ccccc2N2c3ccccc3C(C)(C)c3ccccc32)c([N+]#[C-])c1. The summed E-state index contributed by atoms with van der Waals surface area (Å²) < 4.78 is 0. The molecule has 0 radical (unpaired) electrons. The van der Waals surface area contributed by atoms with Crippen LogP contribution >= 0.6 is 0 Å². The molecule has 1 aromatic heterocycles. The van der Waals surface area contributed by atoms with Crippen LogP contribution < -0.4 is 4.90 Å². The highest BCUT2D eigenvalue weighted by Gasteiger charge is 2.37. The standard InChI is InChI=1S/C28H20N4/c1-28(2)21-12-6-9-15-25(21)32(26-16-10-7-13-22(26)28)24-14-8-5-11-20(24)27-23(30-4)17-19(29-3)18-31-27/h5-18H,1-2H3. The van der Waals surface area contributed by atoms with E-state index in [1.54, 1.807) is 6.07 Å². The van der Waals surface area contributed by atoms with Gasteiger partial charge in [0, 0.05) is 17.2 Å². The quantitative estimate of drug-likeness (QED) is 0.312. The Labute approximate surface area is 188 Å². The second-order valence-electron chi connectivity index (χ2n) is 8.30. The summed E-state index contributed by atoms with van der Waals surface area (Å²) in [6.45, 7) is 19.5. The fourth-order valence-corrected chi connectivity index (χ4v) is 4.59. The van der Waals surface area contributed by atoms with Crippen LogP contribution in [-0.2, 0) is 5.41 Å². The average molecular weight is 412 g/mol. The van der Waals surface area contributed by atoms with Crippen LogP contribution in [0.4, 0.5) is 28.4 Å². The summed E-state index contributed by atoms with van der Waals surface area (Å²) in [5.74, 6) is 0. The fraction of sp³-hybridized carbons (Fsp3) is 0.107. The predicted molar refractivity (Wildman–Crippen MR) is 129 cm³/mol. The molecule has 0 N–H and O–H groups in total. The van der Waals surface area contributed by atoms with Crippen molar-refractivity contribution in [3.8, 4) is 11.3 Å². The van der Waals surface area contributed by atoms with Crippen LogP contribution in [0.1, 0.15) is 25.0 Å². The Kier molecular flexibility index (Phi) is 4.51. The summed E-state index contributed by atoms with van der Waals surface area (Å²) in [5, 5.41) is 0. The first kappa shape index (κ1) is 19.5. The normalized spacial score (nSPS) is 13.4. The van der Waals surface area contributed by atoms with Crippen LogP contribution in [0.25, 0.3) is 20.9 Å². The van der Waals surface area contributed by atoms with Crippen molar-refractivity contribution in [2.24, 2.45) is 0 Å². The maximum atomic E-state index is 7.68. The van der Waals surface area contributed by atoms with Crippen molar-refractivity contribution >= 4 is 28.4 Å². The minimum atomic E-state index is -0.143. The van der Waals surface area contributed by atoms with Gasteiger partial charge in [-0.25, -0.2) is 9.69 Å². The van der Waals surface area contributed by atoms with E-state index in [0.717, 1.165) is 22.6 Å². The smallest absolute Gasteiger partial charge is 0.203 e. The van der Waals surface area contributed by atoms with E-state index in [1.165, 1.54) is 17.3 Å². The molecule has 1 aliphatic heterocycles. The third-order valence-electron chi connectivity index (χ3n) is 6.14. The Morgan fingerprint density at radius 1 is 0.750 bits per heavy atom. The van der Waals surface area contributed by atoms with E-state index >= 15 is 0 Å². The first-order valence-electron chi connectivity index (χ1n) is 10.4. The van der Waals surface area contributed by atoms with Crippen molar-refractivity contribution in [3.05, 3.63) is 119 Å². The zero-order valence-corrected chi connectivity index (χ0v) is 17.9. The summed E-state index contributed by atoms with van der Waals surface area (Å²) in [5.41, 5.74) is 7.73. The van der Waals surface area contributed by atoms with Crippen LogP contribution in [0.15, 0.2) is 85.1 Å². The molecule has 0 amide bonds. The molecule has 1 aliphatic rings. The van der Waals surface area contributed by atoms with Gasteiger partial charge in [-0.05, 0) is 35.4 Å². The third-order valence-corrected chi connectivity index (χ3v) is 6.14. The van der Waals surface area contributed by atoms with E-state index < -0.39 is 0 Å². The Hall–Kier alpha value is -4.41. The maximum absolute atomic E-state index is 7.68. The van der Waals surface area contributed by atoms with Crippen LogP contribution in [0.3, 0.4) is 0 Å². The molecule has 0 unspecified atom stereocenters. The lowest BCUT2D eigenvalue weighted by molar-refractivity contribution is 0.632. The molecule has 0 atom stereocenters. The summed E-state index contributed by atoms with van der Waals surface area (Å²) in [4.78, 5) is 13.9. The van der Waals surface area contributed by atoms with Crippen molar-refractivity contribution in [1.29, 1.82) is 0 Å². The third kappa shape index (κ3) is 2.86.